The van der Waals surface area contributed by atoms with Gasteiger partial charge in [0.1, 0.15) is 12.2 Å². The van der Waals surface area contributed by atoms with Crippen LogP contribution in [-0.2, 0) is 18.9 Å². The second-order valence-corrected chi connectivity index (χ2v) is 5.32. The number of rotatable bonds is 11. The fourth-order valence-electron chi connectivity index (χ4n) is 1.97. The summed E-state index contributed by atoms with van der Waals surface area (Å²) in [5.74, 6) is 0. The second kappa shape index (κ2) is 7.43. The van der Waals surface area contributed by atoms with Gasteiger partial charge in [-0.2, -0.15) is 0 Å². The molecule has 0 radical (unpaired) electrons. The van der Waals surface area contributed by atoms with Gasteiger partial charge in [0.15, 0.2) is 0 Å². The van der Waals surface area contributed by atoms with Gasteiger partial charge in [-0.05, 0) is 13.3 Å². The van der Waals surface area contributed by atoms with Gasteiger partial charge >= 0.3 is 0 Å². The molecule has 2 heterocycles. The molecule has 4 atom stereocenters. The highest BCUT2D eigenvalue weighted by Gasteiger charge is 2.28. The van der Waals surface area contributed by atoms with Gasteiger partial charge in [-0.25, -0.2) is 0 Å². The molecule has 2 aliphatic heterocycles. The number of hydrogen-bond donors (Lipinski definition) is 0. The van der Waals surface area contributed by atoms with Crippen molar-refractivity contribution in [3.05, 3.63) is 0 Å². The first-order valence-corrected chi connectivity index (χ1v) is 7.26. The molecule has 0 bridgehead atoms. The summed E-state index contributed by atoms with van der Waals surface area (Å²) in [6.45, 7) is 7.45. The van der Waals surface area contributed by atoms with E-state index in [0.29, 0.717) is 25.4 Å². The predicted octanol–water partition coefficient (Wildman–Crippen LogP) is 2.15. The minimum atomic E-state index is 0.143. The molecule has 4 nitrogen and oxygen atoms in total. The summed E-state index contributed by atoms with van der Waals surface area (Å²) in [4.78, 5) is 0. The van der Waals surface area contributed by atoms with Crippen molar-refractivity contribution < 1.29 is 18.9 Å². The quantitative estimate of drug-likeness (QED) is 0.421. The van der Waals surface area contributed by atoms with E-state index in [1.807, 2.05) is 0 Å². The number of unbranched alkanes of at least 4 members (excludes halogenated alkanes) is 2. The molecule has 4 heteroatoms. The zero-order chi connectivity index (χ0) is 12.8. The van der Waals surface area contributed by atoms with Crippen LogP contribution in [0.3, 0.4) is 0 Å². The largest absolute Gasteiger partial charge is 0.373 e. The summed E-state index contributed by atoms with van der Waals surface area (Å²) < 4.78 is 22.1. The summed E-state index contributed by atoms with van der Waals surface area (Å²) in [7, 11) is 0. The highest BCUT2D eigenvalue weighted by molar-refractivity contribution is 4.74. The van der Waals surface area contributed by atoms with Gasteiger partial charge in [-0.3, -0.25) is 0 Å². The van der Waals surface area contributed by atoms with Crippen molar-refractivity contribution in [3.63, 3.8) is 0 Å². The van der Waals surface area contributed by atoms with Gasteiger partial charge in [-0.15, -0.1) is 0 Å². The third-order valence-electron chi connectivity index (χ3n) is 3.46. The summed E-state index contributed by atoms with van der Waals surface area (Å²) in [6, 6.07) is 0. The van der Waals surface area contributed by atoms with Crippen LogP contribution in [0.5, 0.6) is 0 Å². The van der Waals surface area contributed by atoms with Crippen LogP contribution in [0, 0.1) is 0 Å². The highest BCUT2D eigenvalue weighted by atomic mass is 16.6. The van der Waals surface area contributed by atoms with Gasteiger partial charge in [0.2, 0.25) is 0 Å². The molecule has 0 saturated carbocycles. The minimum Gasteiger partial charge on any atom is -0.373 e. The van der Waals surface area contributed by atoms with E-state index in [9.17, 15) is 0 Å². The predicted molar refractivity (Wildman–Crippen MR) is 68.8 cm³/mol. The van der Waals surface area contributed by atoms with E-state index in [-0.39, 0.29) is 12.2 Å². The van der Waals surface area contributed by atoms with Crippen LogP contribution in [-0.4, -0.2) is 50.8 Å². The smallest absolute Gasteiger partial charge is 0.104 e. The molecule has 0 N–H and O–H groups in total. The molecule has 0 aliphatic carbocycles. The molecule has 18 heavy (non-hydrogen) atoms. The fourth-order valence-corrected chi connectivity index (χ4v) is 1.97. The number of epoxide rings is 2. The molecule has 2 fully saturated rings. The molecule has 2 rings (SSSR count). The summed E-state index contributed by atoms with van der Waals surface area (Å²) in [6.07, 6.45) is 5.78. The Kier molecular flexibility index (Phi) is 5.89. The van der Waals surface area contributed by atoms with Crippen LogP contribution in [0.1, 0.15) is 39.5 Å². The summed E-state index contributed by atoms with van der Waals surface area (Å²) >= 11 is 0. The third-order valence-corrected chi connectivity index (χ3v) is 3.46. The Balaban J connectivity index is 1.65. The molecule has 0 aromatic carbocycles. The van der Waals surface area contributed by atoms with Crippen LogP contribution in [0.2, 0.25) is 0 Å². The van der Waals surface area contributed by atoms with Crippen LogP contribution in [0.25, 0.3) is 0 Å². The van der Waals surface area contributed by atoms with Crippen molar-refractivity contribution in [3.8, 4) is 0 Å². The summed E-state index contributed by atoms with van der Waals surface area (Å²) in [5, 5.41) is 0. The molecular formula is C14H26O4. The molecule has 0 amide bonds. The van der Waals surface area contributed by atoms with Crippen LogP contribution in [0.15, 0.2) is 0 Å². The van der Waals surface area contributed by atoms with E-state index in [4.69, 9.17) is 18.9 Å². The molecule has 0 spiro atoms. The van der Waals surface area contributed by atoms with Crippen molar-refractivity contribution in [2.45, 2.75) is 63.9 Å². The van der Waals surface area contributed by atoms with E-state index in [1.54, 1.807) is 0 Å². The first-order valence-electron chi connectivity index (χ1n) is 7.26. The van der Waals surface area contributed by atoms with E-state index in [1.165, 1.54) is 19.3 Å². The summed E-state index contributed by atoms with van der Waals surface area (Å²) in [5.41, 5.74) is 0. The van der Waals surface area contributed by atoms with Crippen molar-refractivity contribution >= 4 is 0 Å². The lowest BCUT2D eigenvalue weighted by Crippen LogP contribution is -2.31. The topological polar surface area (TPSA) is 43.5 Å². The standard InChI is InChI=1S/C14H26O4/c1-3-4-5-6-14(18-10-13-9-17-13)11(2)15-7-12-8-16-12/h11-14H,3-10H2,1-2H3. The third kappa shape index (κ3) is 5.65. The minimum absolute atomic E-state index is 0.143. The molecular weight excluding hydrogens is 232 g/mol. The maximum Gasteiger partial charge on any atom is 0.104 e. The van der Waals surface area contributed by atoms with Crippen molar-refractivity contribution in [2.75, 3.05) is 26.4 Å². The monoisotopic (exact) mass is 258 g/mol. The van der Waals surface area contributed by atoms with Crippen LogP contribution in [0.4, 0.5) is 0 Å². The zero-order valence-electron chi connectivity index (χ0n) is 11.6. The van der Waals surface area contributed by atoms with Gasteiger partial charge in [0, 0.05) is 0 Å². The molecule has 106 valence electrons. The lowest BCUT2D eigenvalue weighted by Gasteiger charge is -2.24. The first kappa shape index (κ1) is 14.3. The van der Waals surface area contributed by atoms with Crippen LogP contribution < -0.4 is 0 Å². The van der Waals surface area contributed by atoms with Crippen LogP contribution >= 0.6 is 0 Å². The van der Waals surface area contributed by atoms with Gasteiger partial charge in [-0.1, -0.05) is 26.2 Å². The first-order chi connectivity index (χ1) is 8.79. The normalized spacial score (nSPS) is 29.0. The fraction of sp³-hybridized carbons (Fsp3) is 1.00. The van der Waals surface area contributed by atoms with E-state index >= 15 is 0 Å². The van der Waals surface area contributed by atoms with Gasteiger partial charge in [0.05, 0.1) is 38.6 Å². The SMILES string of the molecule is CCCCCC(OCC1CO1)C(C)OCC1CO1. The molecule has 0 aromatic heterocycles. The second-order valence-electron chi connectivity index (χ2n) is 5.32. The van der Waals surface area contributed by atoms with Crippen molar-refractivity contribution in [1.29, 1.82) is 0 Å². The average molecular weight is 258 g/mol. The molecule has 0 aromatic rings. The number of ether oxygens (including phenoxy) is 4. The van der Waals surface area contributed by atoms with Gasteiger partial charge < -0.3 is 18.9 Å². The Bertz CT molecular complexity index is 226. The van der Waals surface area contributed by atoms with E-state index in [2.05, 4.69) is 13.8 Å². The van der Waals surface area contributed by atoms with E-state index in [0.717, 1.165) is 19.6 Å². The lowest BCUT2D eigenvalue weighted by atomic mass is 10.1. The Morgan fingerprint density at radius 2 is 1.67 bits per heavy atom. The van der Waals surface area contributed by atoms with Crippen molar-refractivity contribution in [2.24, 2.45) is 0 Å². The maximum atomic E-state index is 5.94. The van der Waals surface area contributed by atoms with Crippen molar-refractivity contribution in [1.82, 2.24) is 0 Å². The Morgan fingerprint density at radius 3 is 2.22 bits per heavy atom. The molecule has 2 saturated heterocycles. The lowest BCUT2D eigenvalue weighted by molar-refractivity contribution is -0.0745. The Labute approximate surface area is 110 Å². The number of hydrogen-bond acceptors (Lipinski definition) is 4. The Morgan fingerprint density at radius 1 is 1.06 bits per heavy atom. The van der Waals surface area contributed by atoms with Gasteiger partial charge in [0.25, 0.3) is 0 Å². The molecule has 4 unspecified atom stereocenters. The highest BCUT2D eigenvalue weighted by Crippen LogP contribution is 2.18. The average Bonchev–Trinajstić information content (AvgIpc) is 3.25. The maximum absolute atomic E-state index is 5.94. The van der Waals surface area contributed by atoms with E-state index < -0.39 is 0 Å². The zero-order valence-corrected chi connectivity index (χ0v) is 11.6. The molecule has 2 aliphatic rings. The Hall–Kier alpha value is -0.160.